The van der Waals surface area contributed by atoms with Crippen molar-refractivity contribution in [3.8, 4) is 0 Å². The Balaban J connectivity index is 2.84. The maximum Gasteiger partial charge on any atom is 0.348 e. The van der Waals surface area contributed by atoms with Gasteiger partial charge < -0.3 is 9.05 Å². The highest BCUT2D eigenvalue weighted by atomic mass is 32.2. The van der Waals surface area contributed by atoms with Crippen LogP contribution in [0.15, 0.2) is 0 Å². The van der Waals surface area contributed by atoms with Crippen LogP contribution in [0.25, 0.3) is 0 Å². The van der Waals surface area contributed by atoms with Crippen LogP contribution in [-0.2, 0) is 13.6 Å². The molecule has 0 radical (unpaired) electrons. The number of nitrogens with one attached hydrogen (secondary N) is 1. The number of rotatable bonds is 5. The van der Waals surface area contributed by atoms with Gasteiger partial charge in [-0.05, 0) is 27.7 Å². The van der Waals surface area contributed by atoms with E-state index < -0.39 is 7.60 Å². The summed E-state index contributed by atoms with van der Waals surface area (Å²) in [5, 5.41) is 3.21. The summed E-state index contributed by atoms with van der Waals surface area (Å²) in [5.41, 5.74) is 0. The first-order chi connectivity index (χ1) is 6.96. The first-order valence-corrected chi connectivity index (χ1v) is 7.82. The molecule has 4 nitrogen and oxygen atoms in total. The fourth-order valence-corrected chi connectivity index (χ4v) is 5.44. The van der Waals surface area contributed by atoms with Crippen molar-refractivity contribution in [3.63, 3.8) is 0 Å². The molecule has 1 fully saturated rings. The molecule has 0 amide bonds. The van der Waals surface area contributed by atoms with E-state index in [1.165, 1.54) is 0 Å². The Hall–Kier alpha value is 0.460. The van der Waals surface area contributed by atoms with Gasteiger partial charge in [0.1, 0.15) is 5.78 Å². The SMILES string of the molecule is CCOP(=O)(OCC)C1NCSC1(C)C. The van der Waals surface area contributed by atoms with Gasteiger partial charge >= 0.3 is 7.60 Å². The number of hydrogen-bond donors (Lipinski definition) is 1. The maximum absolute atomic E-state index is 12.5. The van der Waals surface area contributed by atoms with Crippen molar-refractivity contribution in [2.24, 2.45) is 0 Å². The van der Waals surface area contributed by atoms with Gasteiger partial charge in [0.05, 0.1) is 13.2 Å². The third-order valence-electron chi connectivity index (χ3n) is 2.31. The Morgan fingerprint density at radius 3 is 2.27 bits per heavy atom. The minimum Gasteiger partial charge on any atom is -0.308 e. The highest BCUT2D eigenvalue weighted by molar-refractivity contribution is 8.01. The van der Waals surface area contributed by atoms with Crippen molar-refractivity contribution >= 4 is 19.4 Å². The molecule has 1 aliphatic rings. The van der Waals surface area contributed by atoms with E-state index in [4.69, 9.17) is 9.05 Å². The second-order valence-electron chi connectivity index (χ2n) is 3.87. The van der Waals surface area contributed by atoms with Crippen LogP contribution in [0.3, 0.4) is 0 Å². The van der Waals surface area contributed by atoms with E-state index in [0.29, 0.717) is 13.2 Å². The highest BCUT2D eigenvalue weighted by Gasteiger charge is 2.49. The molecule has 1 N–H and O–H groups in total. The quantitative estimate of drug-likeness (QED) is 0.763. The van der Waals surface area contributed by atoms with E-state index in [9.17, 15) is 4.57 Å². The summed E-state index contributed by atoms with van der Waals surface area (Å²) >= 11 is 1.74. The molecule has 1 rings (SSSR count). The van der Waals surface area contributed by atoms with Gasteiger partial charge in [-0.15, -0.1) is 11.8 Å². The third kappa shape index (κ3) is 2.98. The molecule has 1 unspecified atom stereocenters. The van der Waals surface area contributed by atoms with Crippen LogP contribution in [0.5, 0.6) is 0 Å². The molecule has 0 aliphatic carbocycles. The molecule has 6 heteroatoms. The van der Waals surface area contributed by atoms with Crippen LogP contribution in [-0.4, -0.2) is 29.6 Å². The van der Waals surface area contributed by atoms with Crippen molar-refractivity contribution in [2.45, 2.75) is 38.2 Å². The lowest BCUT2D eigenvalue weighted by atomic mass is 10.2. The van der Waals surface area contributed by atoms with Crippen molar-refractivity contribution in [3.05, 3.63) is 0 Å². The summed E-state index contributed by atoms with van der Waals surface area (Å²) in [6.07, 6.45) is 0. The molecule has 0 aromatic carbocycles. The molecular formula is C9H20NO3PS. The van der Waals surface area contributed by atoms with Crippen LogP contribution in [0, 0.1) is 0 Å². The molecule has 0 saturated carbocycles. The zero-order valence-corrected chi connectivity index (χ0v) is 11.5. The lowest BCUT2D eigenvalue weighted by Crippen LogP contribution is -2.37. The van der Waals surface area contributed by atoms with E-state index in [0.717, 1.165) is 5.88 Å². The average molecular weight is 253 g/mol. The van der Waals surface area contributed by atoms with Gasteiger partial charge in [-0.1, -0.05) is 0 Å². The Labute approximate surface area is 96.0 Å². The predicted molar refractivity (Wildman–Crippen MR) is 64.3 cm³/mol. The molecule has 0 bridgehead atoms. The molecule has 15 heavy (non-hydrogen) atoms. The fraction of sp³-hybridized carbons (Fsp3) is 1.00. The van der Waals surface area contributed by atoms with E-state index in [2.05, 4.69) is 19.2 Å². The van der Waals surface area contributed by atoms with Gasteiger partial charge in [-0.3, -0.25) is 9.88 Å². The fourth-order valence-electron chi connectivity index (χ4n) is 1.67. The molecule has 1 heterocycles. The highest BCUT2D eigenvalue weighted by Crippen LogP contribution is 2.59. The van der Waals surface area contributed by atoms with Crippen molar-refractivity contribution in [1.29, 1.82) is 0 Å². The minimum absolute atomic E-state index is 0.111. The van der Waals surface area contributed by atoms with Crippen LogP contribution in [0.2, 0.25) is 0 Å². The second kappa shape index (κ2) is 5.19. The van der Waals surface area contributed by atoms with Gasteiger partial charge in [-0.25, -0.2) is 0 Å². The summed E-state index contributed by atoms with van der Waals surface area (Å²) in [5.74, 6) is 0.580. The minimum atomic E-state index is -3.02. The standard InChI is InChI=1S/C9H20NO3PS/c1-5-12-14(11,13-6-2)8-9(3,4)15-7-10-8/h8,10H,5-7H2,1-4H3. The van der Waals surface area contributed by atoms with E-state index in [-0.39, 0.29) is 10.5 Å². The summed E-state index contributed by atoms with van der Waals surface area (Å²) < 4.78 is 23.1. The molecule has 0 aromatic rings. The second-order valence-corrected chi connectivity index (χ2v) is 7.62. The zero-order valence-electron chi connectivity index (χ0n) is 9.78. The largest absolute Gasteiger partial charge is 0.348 e. The predicted octanol–water partition coefficient (Wildman–Crippen LogP) is 2.65. The topological polar surface area (TPSA) is 47.6 Å². The summed E-state index contributed by atoms with van der Waals surface area (Å²) in [4.78, 5) is 0. The van der Waals surface area contributed by atoms with Gasteiger partial charge in [0, 0.05) is 10.6 Å². The first kappa shape index (κ1) is 13.5. The monoisotopic (exact) mass is 253 g/mol. The van der Waals surface area contributed by atoms with Crippen LogP contribution < -0.4 is 5.32 Å². The van der Waals surface area contributed by atoms with E-state index >= 15 is 0 Å². The van der Waals surface area contributed by atoms with Gasteiger partial charge in [0.25, 0.3) is 0 Å². The van der Waals surface area contributed by atoms with Gasteiger partial charge in [-0.2, -0.15) is 0 Å². The van der Waals surface area contributed by atoms with Crippen LogP contribution >= 0.6 is 19.4 Å². The molecule has 0 spiro atoms. The van der Waals surface area contributed by atoms with Crippen LogP contribution in [0.1, 0.15) is 27.7 Å². The Morgan fingerprint density at radius 1 is 1.40 bits per heavy atom. The Kier molecular flexibility index (Phi) is 4.68. The van der Waals surface area contributed by atoms with Crippen LogP contribution in [0.4, 0.5) is 0 Å². The first-order valence-electron chi connectivity index (χ1n) is 5.22. The molecule has 90 valence electrons. The summed E-state index contributed by atoms with van der Waals surface area (Å²) in [6, 6.07) is 0. The zero-order chi connectivity index (χ0) is 11.5. The van der Waals surface area contributed by atoms with Crippen molar-refractivity contribution in [2.75, 3.05) is 19.1 Å². The molecule has 0 aromatic heterocycles. The molecular weight excluding hydrogens is 233 g/mol. The average Bonchev–Trinajstić information content (AvgIpc) is 2.46. The maximum atomic E-state index is 12.5. The lowest BCUT2D eigenvalue weighted by molar-refractivity contribution is 0.205. The molecule has 1 atom stereocenters. The number of hydrogen-bond acceptors (Lipinski definition) is 5. The summed E-state index contributed by atoms with van der Waals surface area (Å²) in [7, 11) is -3.02. The van der Waals surface area contributed by atoms with Crippen molar-refractivity contribution in [1.82, 2.24) is 5.32 Å². The van der Waals surface area contributed by atoms with E-state index in [1.807, 2.05) is 13.8 Å². The normalized spacial score (nSPS) is 25.7. The van der Waals surface area contributed by atoms with Gasteiger partial charge in [0.15, 0.2) is 0 Å². The van der Waals surface area contributed by atoms with E-state index in [1.54, 1.807) is 11.8 Å². The molecule has 1 aliphatic heterocycles. The van der Waals surface area contributed by atoms with Crippen molar-refractivity contribution < 1.29 is 13.6 Å². The molecule has 1 saturated heterocycles. The summed E-state index contributed by atoms with van der Waals surface area (Å²) in [6.45, 7) is 8.62. The lowest BCUT2D eigenvalue weighted by Gasteiger charge is -2.31. The number of thioether (sulfide) groups is 1. The van der Waals surface area contributed by atoms with Gasteiger partial charge in [0.2, 0.25) is 0 Å². The Morgan fingerprint density at radius 2 is 1.93 bits per heavy atom. The Bertz CT molecular complexity index is 250. The third-order valence-corrected chi connectivity index (χ3v) is 6.48. The smallest absolute Gasteiger partial charge is 0.308 e.